The summed E-state index contributed by atoms with van der Waals surface area (Å²) in [6.45, 7) is 2.77. The molecule has 0 aliphatic carbocycles. The molecule has 0 bridgehead atoms. The van der Waals surface area contributed by atoms with Crippen molar-refractivity contribution < 1.29 is 17.9 Å². The molecule has 1 amide bonds. The second-order valence-electron chi connectivity index (χ2n) is 5.99. The van der Waals surface area contributed by atoms with Gasteiger partial charge in [-0.1, -0.05) is 30.3 Å². The summed E-state index contributed by atoms with van der Waals surface area (Å²) in [5.41, 5.74) is 2.28. The van der Waals surface area contributed by atoms with Crippen molar-refractivity contribution in [2.45, 2.75) is 19.8 Å². The number of fused-ring (bicyclic) bond motifs is 1. The number of amides is 1. The van der Waals surface area contributed by atoms with Gasteiger partial charge in [0, 0.05) is 13.0 Å². The standard InChI is InChI=1S/C19H22N2O4S/c1-2-25-18-10-6-4-8-16(18)20-19(22)12-14-26(23,24)21-13-11-15-7-3-5-9-17(15)21/h3-10H,2,11-14H2,1H3,(H,20,22). The Hall–Kier alpha value is -2.54. The van der Waals surface area contributed by atoms with Crippen LogP contribution in [0, 0.1) is 0 Å². The Labute approximate surface area is 153 Å². The van der Waals surface area contributed by atoms with Gasteiger partial charge in [0.05, 0.1) is 23.7 Å². The van der Waals surface area contributed by atoms with Gasteiger partial charge in [0.15, 0.2) is 0 Å². The molecule has 1 aliphatic heterocycles. The van der Waals surface area contributed by atoms with Crippen LogP contribution in [0.15, 0.2) is 48.5 Å². The zero-order valence-corrected chi connectivity index (χ0v) is 15.5. The summed E-state index contributed by atoms with van der Waals surface area (Å²) in [6, 6.07) is 14.6. The predicted octanol–water partition coefficient (Wildman–Crippen LogP) is 2.81. The monoisotopic (exact) mass is 374 g/mol. The highest BCUT2D eigenvalue weighted by atomic mass is 32.2. The van der Waals surface area contributed by atoms with Crippen molar-refractivity contribution in [3.63, 3.8) is 0 Å². The van der Waals surface area contributed by atoms with Gasteiger partial charge >= 0.3 is 0 Å². The van der Waals surface area contributed by atoms with Gasteiger partial charge in [0.2, 0.25) is 15.9 Å². The average molecular weight is 374 g/mol. The third-order valence-electron chi connectivity index (χ3n) is 4.23. The zero-order chi connectivity index (χ0) is 18.6. The van der Waals surface area contributed by atoms with E-state index in [-0.39, 0.29) is 18.1 Å². The summed E-state index contributed by atoms with van der Waals surface area (Å²) in [5.74, 6) is -0.0165. The molecule has 0 unspecified atom stereocenters. The predicted molar refractivity (Wildman–Crippen MR) is 102 cm³/mol. The number of benzene rings is 2. The fourth-order valence-corrected chi connectivity index (χ4v) is 4.50. The van der Waals surface area contributed by atoms with Crippen molar-refractivity contribution in [3.8, 4) is 5.75 Å². The summed E-state index contributed by atoms with van der Waals surface area (Å²) >= 11 is 0. The van der Waals surface area contributed by atoms with Crippen molar-refractivity contribution in [1.29, 1.82) is 0 Å². The molecule has 2 aromatic rings. The first-order chi connectivity index (χ1) is 12.5. The highest BCUT2D eigenvalue weighted by molar-refractivity contribution is 7.92. The third-order valence-corrected chi connectivity index (χ3v) is 6.00. The van der Waals surface area contributed by atoms with Crippen LogP contribution in [0.25, 0.3) is 0 Å². The van der Waals surface area contributed by atoms with Gasteiger partial charge in [-0.3, -0.25) is 9.10 Å². The van der Waals surface area contributed by atoms with E-state index < -0.39 is 10.0 Å². The number of sulfonamides is 1. The number of hydrogen-bond acceptors (Lipinski definition) is 4. The van der Waals surface area contributed by atoms with Gasteiger partial charge in [-0.25, -0.2) is 8.42 Å². The molecule has 1 heterocycles. The first kappa shape index (κ1) is 18.3. The fourth-order valence-electron chi connectivity index (χ4n) is 2.99. The number of carbonyl (C=O) groups is 1. The smallest absolute Gasteiger partial charge is 0.235 e. The first-order valence-corrected chi connectivity index (χ1v) is 10.2. The van der Waals surface area contributed by atoms with Crippen LogP contribution in [0.3, 0.4) is 0 Å². The van der Waals surface area contributed by atoms with Crippen molar-refractivity contribution >= 4 is 27.3 Å². The molecule has 0 saturated heterocycles. The number of rotatable bonds is 7. The molecule has 1 aliphatic rings. The van der Waals surface area contributed by atoms with E-state index in [9.17, 15) is 13.2 Å². The van der Waals surface area contributed by atoms with Gasteiger partial charge in [-0.05, 0) is 37.1 Å². The Balaban J connectivity index is 1.63. The van der Waals surface area contributed by atoms with Gasteiger partial charge in [0.25, 0.3) is 0 Å². The lowest BCUT2D eigenvalue weighted by atomic mass is 10.2. The van der Waals surface area contributed by atoms with Crippen LogP contribution in [0.2, 0.25) is 0 Å². The topological polar surface area (TPSA) is 75.7 Å². The summed E-state index contributed by atoms with van der Waals surface area (Å²) in [6.07, 6.45) is 0.588. The number of ether oxygens (including phenoxy) is 1. The van der Waals surface area contributed by atoms with E-state index in [0.29, 0.717) is 31.0 Å². The Morgan fingerprint density at radius 1 is 1.15 bits per heavy atom. The molecule has 2 aromatic carbocycles. The largest absolute Gasteiger partial charge is 0.492 e. The number of hydrogen-bond donors (Lipinski definition) is 1. The number of nitrogens with zero attached hydrogens (tertiary/aromatic N) is 1. The Morgan fingerprint density at radius 2 is 1.88 bits per heavy atom. The number of para-hydroxylation sites is 3. The molecule has 0 aromatic heterocycles. The van der Waals surface area contributed by atoms with E-state index >= 15 is 0 Å². The van der Waals surface area contributed by atoms with Crippen LogP contribution in [0.1, 0.15) is 18.9 Å². The van der Waals surface area contributed by atoms with E-state index in [1.165, 1.54) is 4.31 Å². The number of carbonyl (C=O) groups excluding carboxylic acids is 1. The summed E-state index contributed by atoms with van der Waals surface area (Å²) < 4.78 is 32.2. The molecule has 7 heteroatoms. The minimum atomic E-state index is -3.54. The molecule has 0 fully saturated rings. The maximum absolute atomic E-state index is 12.6. The Morgan fingerprint density at radius 3 is 2.69 bits per heavy atom. The Bertz CT molecular complexity index is 896. The van der Waals surface area contributed by atoms with Crippen LogP contribution in [0.4, 0.5) is 11.4 Å². The molecule has 0 radical (unpaired) electrons. The Kier molecular flexibility index (Phi) is 5.46. The first-order valence-electron chi connectivity index (χ1n) is 8.61. The van der Waals surface area contributed by atoms with Crippen LogP contribution in [-0.2, 0) is 21.2 Å². The maximum Gasteiger partial charge on any atom is 0.235 e. The van der Waals surface area contributed by atoms with E-state index in [0.717, 1.165) is 11.3 Å². The van der Waals surface area contributed by atoms with Crippen LogP contribution < -0.4 is 14.4 Å². The van der Waals surface area contributed by atoms with Crippen molar-refractivity contribution in [3.05, 3.63) is 54.1 Å². The van der Waals surface area contributed by atoms with Crippen molar-refractivity contribution in [2.75, 3.05) is 28.5 Å². The second-order valence-corrected chi connectivity index (χ2v) is 8.01. The molecule has 0 saturated carbocycles. The number of nitrogens with one attached hydrogen (secondary N) is 1. The lowest BCUT2D eigenvalue weighted by Gasteiger charge is -2.19. The quantitative estimate of drug-likeness (QED) is 0.809. The lowest BCUT2D eigenvalue weighted by molar-refractivity contribution is -0.115. The van der Waals surface area contributed by atoms with Crippen molar-refractivity contribution in [2.24, 2.45) is 0 Å². The highest BCUT2D eigenvalue weighted by Crippen LogP contribution is 2.30. The minimum absolute atomic E-state index is 0.110. The molecule has 0 atom stereocenters. The second kappa shape index (κ2) is 7.78. The lowest BCUT2D eigenvalue weighted by Crippen LogP contribution is -2.32. The summed E-state index contributed by atoms with van der Waals surface area (Å²) in [4.78, 5) is 12.2. The highest BCUT2D eigenvalue weighted by Gasteiger charge is 2.29. The van der Waals surface area contributed by atoms with Gasteiger partial charge in [-0.15, -0.1) is 0 Å². The van der Waals surface area contributed by atoms with E-state index in [2.05, 4.69) is 5.32 Å². The fraction of sp³-hybridized carbons (Fsp3) is 0.316. The van der Waals surface area contributed by atoms with Crippen LogP contribution in [0.5, 0.6) is 5.75 Å². The van der Waals surface area contributed by atoms with E-state index in [4.69, 9.17) is 4.74 Å². The van der Waals surface area contributed by atoms with Gasteiger partial charge in [0.1, 0.15) is 5.75 Å². The molecule has 26 heavy (non-hydrogen) atoms. The van der Waals surface area contributed by atoms with Gasteiger partial charge in [-0.2, -0.15) is 0 Å². The molecule has 3 rings (SSSR count). The van der Waals surface area contributed by atoms with E-state index in [1.54, 1.807) is 24.3 Å². The molecule has 6 nitrogen and oxygen atoms in total. The minimum Gasteiger partial charge on any atom is -0.492 e. The number of anilines is 2. The van der Waals surface area contributed by atoms with Crippen LogP contribution in [-0.4, -0.2) is 33.2 Å². The summed E-state index contributed by atoms with van der Waals surface area (Å²) in [7, 11) is -3.54. The maximum atomic E-state index is 12.6. The zero-order valence-electron chi connectivity index (χ0n) is 14.6. The van der Waals surface area contributed by atoms with Gasteiger partial charge < -0.3 is 10.1 Å². The molecule has 138 valence electrons. The van der Waals surface area contributed by atoms with E-state index in [1.807, 2.05) is 31.2 Å². The molecular weight excluding hydrogens is 352 g/mol. The van der Waals surface area contributed by atoms with Crippen molar-refractivity contribution in [1.82, 2.24) is 0 Å². The molecular formula is C19H22N2O4S. The summed E-state index contributed by atoms with van der Waals surface area (Å²) in [5, 5.41) is 2.73. The molecule has 1 N–H and O–H groups in total. The SMILES string of the molecule is CCOc1ccccc1NC(=O)CCS(=O)(=O)N1CCc2ccccc21. The third kappa shape index (κ3) is 3.99. The molecule has 0 spiro atoms. The van der Waals surface area contributed by atoms with Crippen LogP contribution >= 0.6 is 0 Å². The normalized spacial score (nSPS) is 13.3. The average Bonchev–Trinajstić information content (AvgIpc) is 3.07.